The van der Waals surface area contributed by atoms with E-state index in [4.69, 9.17) is 4.74 Å². The Balaban J connectivity index is 1.84. The zero-order valence-corrected chi connectivity index (χ0v) is 17.9. The van der Waals surface area contributed by atoms with E-state index in [1.807, 2.05) is 0 Å². The number of benzene rings is 2. The number of alkyl halides is 3. The molecule has 1 atom stereocenters. The lowest BCUT2D eigenvalue weighted by Gasteiger charge is -2.31. The summed E-state index contributed by atoms with van der Waals surface area (Å²) in [4.78, 5) is 50.1. The molecule has 0 saturated heterocycles. The van der Waals surface area contributed by atoms with Crippen LogP contribution in [0.25, 0.3) is 0 Å². The summed E-state index contributed by atoms with van der Waals surface area (Å²) >= 11 is 0. The summed E-state index contributed by atoms with van der Waals surface area (Å²) in [5.74, 6) is -2.79. The van der Waals surface area contributed by atoms with Gasteiger partial charge in [-0.2, -0.15) is 13.2 Å². The minimum absolute atomic E-state index is 0.0245. The molecule has 0 spiro atoms. The maximum absolute atomic E-state index is 13.0. The summed E-state index contributed by atoms with van der Waals surface area (Å²) in [7, 11) is 0. The van der Waals surface area contributed by atoms with Crippen LogP contribution in [0.2, 0.25) is 0 Å². The molecule has 2 aromatic rings. The average Bonchev–Trinajstić information content (AvgIpc) is 2.72. The molecule has 3 rings (SSSR count). The van der Waals surface area contributed by atoms with Gasteiger partial charge in [0.05, 0.1) is 28.2 Å². The second kappa shape index (κ2) is 8.93. The van der Waals surface area contributed by atoms with Crippen LogP contribution in [0.1, 0.15) is 35.3 Å². The van der Waals surface area contributed by atoms with Crippen LogP contribution < -0.4 is 15.5 Å². The maximum Gasteiger partial charge on any atom is 0.416 e. The van der Waals surface area contributed by atoms with Gasteiger partial charge in [0.2, 0.25) is 11.8 Å². The smallest absolute Gasteiger partial charge is 0.416 e. The fraction of sp³-hybridized carbons (Fsp3) is 0.273. The van der Waals surface area contributed by atoms with Crippen molar-refractivity contribution in [3.8, 4) is 0 Å². The molecule has 0 aromatic heterocycles. The van der Waals surface area contributed by atoms with Crippen molar-refractivity contribution in [3.05, 3.63) is 53.1 Å². The van der Waals surface area contributed by atoms with E-state index in [1.54, 1.807) is 19.1 Å². The minimum Gasteiger partial charge on any atom is -0.449 e. The molecule has 174 valence electrons. The number of amides is 3. The number of anilines is 3. The Labute approximate surface area is 186 Å². The predicted molar refractivity (Wildman–Crippen MR) is 113 cm³/mol. The first kappa shape index (κ1) is 23.8. The first-order chi connectivity index (χ1) is 15.4. The Morgan fingerprint density at radius 1 is 1.18 bits per heavy atom. The second-order valence-electron chi connectivity index (χ2n) is 7.43. The highest BCUT2D eigenvalue weighted by molar-refractivity contribution is 6.11. The highest BCUT2D eigenvalue weighted by Gasteiger charge is 2.36. The van der Waals surface area contributed by atoms with Crippen LogP contribution in [-0.2, 0) is 25.3 Å². The third-order valence-electron chi connectivity index (χ3n) is 4.88. The predicted octanol–water partition coefficient (Wildman–Crippen LogP) is 3.50. The van der Waals surface area contributed by atoms with Crippen molar-refractivity contribution in [3.63, 3.8) is 0 Å². The number of carbonyl (C=O) groups excluding carboxylic acids is 4. The molecule has 0 radical (unpaired) electrons. The Bertz CT molecular complexity index is 1150. The molecule has 1 aliphatic rings. The van der Waals surface area contributed by atoms with Crippen molar-refractivity contribution >= 4 is 40.8 Å². The summed E-state index contributed by atoms with van der Waals surface area (Å²) in [6.07, 6.45) is -6.00. The van der Waals surface area contributed by atoms with Gasteiger partial charge in [0.25, 0.3) is 5.91 Å². The van der Waals surface area contributed by atoms with Crippen molar-refractivity contribution in [2.45, 2.75) is 33.1 Å². The van der Waals surface area contributed by atoms with Gasteiger partial charge >= 0.3 is 12.1 Å². The lowest BCUT2D eigenvalue weighted by atomic mass is 10.1. The Morgan fingerprint density at radius 2 is 1.88 bits per heavy atom. The van der Waals surface area contributed by atoms with Gasteiger partial charge in [-0.3, -0.25) is 19.3 Å². The van der Waals surface area contributed by atoms with Crippen LogP contribution in [0.4, 0.5) is 30.2 Å². The molecule has 2 N–H and O–H groups in total. The zero-order valence-electron chi connectivity index (χ0n) is 17.9. The fourth-order valence-electron chi connectivity index (χ4n) is 3.34. The lowest BCUT2D eigenvalue weighted by molar-refractivity contribution is -0.137. The number of aryl methyl sites for hydroxylation is 1. The van der Waals surface area contributed by atoms with Crippen LogP contribution in [0.15, 0.2) is 36.4 Å². The van der Waals surface area contributed by atoms with E-state index in [-0.39, 0.29) is 22.6 Å². The number of ether oxygens (including phenoxy) is 1. The topological polar surface area (TPSA) is 105 Å². The molecule has 0 aliphatic carbocycles. The monoisotopic (exact) mass is 463 g/mol. The Morgan fingerprint density at radius 3 is 2.52 bits per heavy atom. The number of esters is 1. The molecular weight excluding hydrogens is 443 g/mol. The van der Waals surface area contributed by atoms with E-state index < -0.39 is 48.1 Å². The molecule has 33 heavy (non-hydrogen) atoms. The van der Waals surface area contributed by atoms with E-state index in [0.717, 1.165) is 23.1 Å². The van der Waals surface area contributed by atoms with E-state index >= 15 is 0 Å². The lowest BCUT2D eigenvalue weighted by Crippen LogP contribution is -2.47. The first-order valence-corrected chi connectivity index (χ1v) is 9.79. The molecule has 0 bridgehead atoms. The number of hydrogen-bond donors (Lipinski definition) is 2. The number of carbonyl (C=O) groups is 4. The number of nitrogens with one attached hydrogen (secondary N) is 2. The summed E-state index contributed by atoms with van der Waals surface area (Å²) in [6, 6.07) is 7.26. The van der Waals surface area contributed by atoms with E-state index in [9.17, 15) is 32.3 Å². The van der Waals surface area contributed by atoms with Gasteiger partial charge in [0.1, 0.15) is 6.54 Å². The first-order valence-electron chi connectivity index (χ1n) is 9.79. The zero-order chi connectivity index (χ0) is 24.5. The van der Waals surface area contributed by atoms with Crippen molar-refractivity contribution in [2.24, 2.45) is 0 Å². The van der Waals surface area contributed by atoms with Crippen LogP contribution in [0, 0.1) is 6.92 Å². The standard InChI is InChI=1S/C22H20F3N3O5/c1-11-5-4-6-15(19(11)26-13(3)29)21(32)33-12(2)20(31)28-10-18(30)27-16-9-14(22(23,24)25)7-8-17(16)28/h4-9,12H,10H2,1-3H3,(H,26,29)(H,27,30). The maximum atomic E-state index is 13.0. The number of rotatable bonds is 4. The molecule has 1 aliphatic heterocycles. The van der Waals surface area contributed by atoms with Crippen LogP contribution >= 0.6 is 0 Å². The van der Waals surface area contributed by atoms with Crippen LogP contribution in [-0.4, -0.2) is 36.3 Å². The summed E-state index contributed by atoms with van der Waals surface area (Å²) in [6.45, 7) is 3.77. The highest BCUT2D eigenvalue weighted by Crippen LogP contribution is 2.37. The van der Waals surface area contributed by atoms with Crippen LogP contribution in [0.5, 0.6) is 0 Å². The fourth-order valence-corrected chi connectivity index (χ4v) is 3.34. The van der Waals surface area contributed by atoms with Crippen molar-refractivity contribution in [1.82, 2.24) is 0 Å². The van der Waals surface area contributed by atoms with Gasteiger partial charge in [0.15, 0.2) is 6.10 Å². The summed E-state index contributed by atoms with van der Waals surface area (Å²) < 4.78 is 44.3. The number of hydrogen-bond acceptors (Lipinski definition) is 5. The van der Waals surface area contributed by atoms with E-state index in [1.165, 1.54) is 19.9 Å². The van der Waals surface area contributed by atoms with Gasteiger partial charge in [-0.15, -0.1) is 0 Å². The number of halogens is 3. The Kier molecular flexibility index (Phi) is 6.43. The summed E-state index contributed by atoms with van der Waals surface area (Å²) in [5, 5.41) is 4.86. The summed E-state index contributed by atoms with van der Waals surface area (Å²) in [5.41, 5.74) is -0.265. The quantitative estimate of drug-likeness (QED) is 0.676. The van der Waals surface area contributed by atoms with Gasteiger partial charge in [0, 0.05) is 6.92 Å². The van der Waals surface area contributed by atoms with Gasteiger partial charge in [-0.05, 0) is 43.7 Å². The molecule has 11 heteroatoms. The molecule has 0 fully saturated rings. The van der Waals surface area contributed by atoms with Gasteiger partial charge < -0.3 is 15.4 Å². The number of fused-ring (bicyclic) bond motifs is 1. The number of para-hydroxylation sites is 1. The molecule has 1 unspecified atom stereocenters. The third-order valence-corrected chi connectivity index (χ3v) is 4.88. The normalized spacial score (nSPS) is 14.1. The van der Waals surface area contributed by atoms with Crippen molar-refractivity contribution in [2.75, 3.05) is 22.1 Å². The van der Waals surface area contributed by atoms with Gasteiger partial charge in [-0.1, -0.05) is 12.1 Å². The van der Waals surface area contributed by atoms with E-state index in [2.05, 4.69) is 10.6 Å². The molecular formula is C22H20F3N3O5. The molecule has 0 saturated carbocycles. The SMILES string of the molecule is CC(=O)Nc1c(C)cccc1C(=O)OC(C)C(=O)N1CC(=O)Nc2cc(C(F)(F)F)ccc21. The molecule has 3 amide bonds. The number of nitrogens with zero attached hydrogens (tertiary/aromatic N) is 1. The largest absolute Gasteiger partial charge is 0.449 e. The second-order valence-corrected chi connectivity index (χ2v) is 7.43. The van der Waals surface area contributed by atoms with Crippen molar-refractivity contribution in [1.29, 1.82) is 0 Å². The third kappa shape index (κ3) is 5.13. The highest BCUT2D eigenvalue weighted by atomic mass is 19.4. The molecule has 8 nitrogen and oxygen atoms in total. The molecule has 1 heterocycles. The van der Waals surface area contributed by atoms with Crippen LogP contribution in [0.3, 0.4) is 0 Å². The average molecular weight is 463 g/mol. The van der Waals surface area contributed by atoms with Crippen molar-refractivity contribution < 1.29 is 37.1 Å². The van der Waals surface area contributed by atoms with Gasteiger partial charge in [-0.25, -0.2) is 4.79 Å². The van der Waals surface area contributed by atoms with E-state index in [0.29, 0.717) is 5.56 Å². The molecule has 2 aromatic carbocycles. The Hall–Kier alpha value is -3.89. The minimum atomic E-state index is -4.63.